The van der Waals surface area contributed by atoms with Crippen molar-refractivity contribution in [2.45, 2.75) is 59.3 Å². The molecule has 0 atom stereocenters. The van der Waals surface area contributed by atoms with E-state index in [2.05, 4.69) is 77.6 Å². The van der Waals surface area contributed by atoms with Crippen LogP contribution in [0.3, 0.4) is 0 Å². The summed E-state index contributed by atoms with van der Waals surface area (Å²) in [5, 5.41) is 9.15. The minimum Gasteiger partial charge on any atom is -0.478 e. The van der Waals surface area contributed by atoms with E-state index in [1.165, 1.54) is 16.7 Å². The third kappa shape index (κ3) is 4.74. The van der Waals surface area contributed by atoms with E-state index in [0.717, 1.165) is 36.0 Å². The highest BCUT2D eigenvalue weighted by atomic mass is 16.4. The van der Waals surface area contributed by atoms with Crippen LogP contribution in [-0.4, -0.2) is 11.1 Å². The number of hydrogen-bond donors (Lipinski definition) is 1. The molecule has 2 nitrogen and oxygen atoms in total. The normalized spacial score (nSPS) is 15.5. The summed E-state index contributed by atoms with van der Waals surface area (Å²) in [6, 6.07) is 13.6. The van der Waals surface area contributed by atoms with E-state index in [0.29, 0.717) is 0 Å². The van der Waals surface area contributed by atoms with Crippen molar-refractivity contribution in [3.8, 4) is 0 Å². The number of aromatic carboxylic acids is 1. The minimum absolute atomic E-state index is 0.0918. The lowest BCUT2D eigenvalue weighted by Crippen LogP contribution is -2.21. The molecule has 0 aliphatic heterocycles. The molecule has 2 heteroatoms. The van der Waals surface area contributed by atoms with Crippen molar-refractivity contribution < 1.29 is 9.90 Å². The molecule has 0 aromatic heterocycles. The largest absolute Gasteiger partial charge is 0.478 e. The van der Waals surface area contributed by atoms with E-state index in [-0.39, 0.29) is 16.4 Å². The summed E-state index contributed by atoms with van der Waals surface area (Å²) in [5.41, 5.74) is 7.39. The summed E-state index contributed by atoms with van der Waals surface area (Å²) >= 11 is 0. The van der Waals surface area contributed by atoms with Crippen LogP contribution in [0, 0.1) is 5.41 Å². The number of carbonyl (C=O) groups is 1. The van der Waals surface area contributed by atoms with Crippen molar-refractivity contribution in [2.75, 3.05) is 0 Å². The second-order valence-corrected chi connectivity index (χ2v) is 9.56. The Labute approximate surface area is 187 Å². The molecule has 0 bridgehead atoms. The first kappa shape index (κ1) is 22.8. The molecule has 0 fully saturated rings. The molecule has 0 unspecified atom stereocenters. The van der Waals surface area contributed by atoms with Crippen LogP contribution in [0.25, 0.3) is 11.1 Å². The van der Waals surface area contributed by atoms with Crippen LogP contribution < -0.4 is 0 Å². The Kier molecular flexibility index (Phi) is 6.40. The van der Waals surface area contributed by atoms with Crippen molar-refractivity contribution in [3.63, 3.8) is 0 Å². The van der Waals surface area contributed by atoms with Gasteiger partial charge in [-0.15, -0.1) is 0 Å². The van der Waals surface area contributed by atoms with Gasteiger partial charge in [0.15, 0.2) is 0 Å². The molecular weight excluding hydrogens is 380 g/mol. The summed E-state index contributed by atoms with van der Waals surface area (Å²) < 4.78 is 0. The smallest absolute Gasteiger partial charge is 0.335 e. The SMILES string of the molecule is C=C(c1ccc(C(=O)O)cc1)c1ccc2c(c1)C(/C=C/C(C)(CC)CC)=CCC2(C)C. The fourth-order valence-corrected chi connectivity index (χ4v) is 4.06. The Morgan fingerprint density at radius 3 is 2.23 bits per heavy atom. The van der Waals surface area contributed by atoms with Gasteiger partial charge < -0.3 is 5.11 Å². The number of fused-ring (bicyclic) bond motifs is 1. The Balaban J connectivity index is 2.00. The predicted octanol–water partition coefficient (Wildman–Crippen LogP) is 7.89. The zero-order valence-electron chi connectivity index (χ0n) is 19.5. The molecule has 1 aliphatic rings. The Bertz CT molecular complexity index is 1040. The van der Waals surface area contributed by atoms with Gasteiger partial charge in [0.2, 0.25) is 0 Å². The van der Waals surface area contributed by atoms with E-state index in [4.69, 9.17) is 5.11 Å². The lowest BCUT2D eigenvalue weighted by Gasteiger charge is -2.32. The van der Waals surface area contributed by atoms with Crippen molar-refractivity contribution in [3.05, 3.63) is 95.1 Å². The Hall–Kier alpha value is -2.87. The number of benzene rings is 2. The van der Waals surface area contributed by atoms with Crippen LogP contribution in [0.5, 0.6) is 0 Å². The second-order valence-electron chi connectivity index (χ2n) is 9.56. The minimum atomic E-state index is -0.916. The van der Waals surface area contributed by atoms with Gasteiger partial charge in [-0.2, -0.15) is 0 Å². The molecule has 0 heterocycles. The summed E-state index contributed by atoms with van der Waals surface area (Å²) in [6.45, 7) is 15.7. The van der Waals surface area contributed by atoms with Crippen molar-refractivity contribution in [2.24, 2.45) is 5.41 Å². The Morgan fingerprint density at radius 1 is 1.06 bits per heavy atom. The monoisotopic (exact) mass is 414 g/mol. The van der Waals surface area contributed by atoms with E-state index in [1.54, 1.807) is 12.1 Å². The first-order chi connectivity index (χ1) is 14.6. The molecule has 162 valence electrons. The van der Waals surface area contributed by atoms with Crippen molar-refractivity contribution >= 4 is 17.1 Å². The molecule has 0 saturated heterocycles. The second kappa shape index (κ2) is 8.70. The van der Waals surface area contributed by atoms with Crippen LogP contribution in [0.1, 0.15) is 86.5 Å². The molecule has 2 aromatic rings. The van der Waals surface area contributed by atoms with Gasteiger partial charge in [0.1, 0.15) is 0 Å². The topological polar surface area (TPSA) is 37.3 Å². The van der Waals surface area contributed by atoms with E-state index in [1.807, 2.05) is 12.1 Å². The van der Waals surface area contributed by atoms with Crippen LogP contribution >= 0.6 is 0 Å². The van der Waals surface area contributed by atoms with Crippen LogP contribution in [0.2, 0.25) is 0 Å². The zero-order chi connectivity index (χ0) is 22.8. The third-order valence-corrected chi connectivity index (χ3v) is 7.00. The lowest BCUT2D eigenvalue weighted by atomic mass is 9.72. The first-order valence-corrected chi connectivity index (χ1v) is 11.2. The summed E-state index contributed by atoms with van der Waals surface area (Å²) in [4.78, 5) is 11.1. The van der Waals surface area contributed by atoms with Gasteiger partial charge >= 0.3 is 5.97 Å². The van der Waals surface area contributed by atoms with Gasteiger partial charge in [0.05, 0.1) is 5.56 Å². The number of rotatable bonds is 7. The molecule has 0 amide bonds. The first-order valence-electron chi connectivity index (χ1n) is 11.2. The van der Waals surface area contributed by atoms with Crippen molar-refractivity contribution in [1.82, 2.24) is 0 Å². The molecular formula is C29H34O2. The average Bonchev–Trinajstić information content (AvgIpc) is 2.77. The van der Waals surface area contributed by atoms with Crippen molar-refractivity contribution in [1.29, 1.82) is 0 Å². The third-order valence-electron chi connectivity index (χ3n) is 7.00. The van der Waals surface area contributed by atoms with Crippen LogP contribution in [0.4, 0.5) is 0 Å². The van der Waals surface area contributed by atoms with Gasteiger partial charge in [-0.1, -0.05) is 83.7 Å². The molecule has 1 N–H and O–H groups in total. The highest BCUT2D eigenvalue weighted by molar-refractivity contribution is 5.89. The average molecular weight is 415 g/mol. The summed E-state index contributed by atoms with van der Waals surface area (Å²) in [7, 11) is 0. The molecule has 0 saturated carbocycles. The molecule has 1 aliphatic carbocycles. The summed E-state index contributed by atoms with van der Waals surface area (Å²) in [5.74, 6) is -0.916. The summed E-state index contributed by atoms with van der Waals surface area (Å²) in [6.07, 6.45) is 10.3. The molecule has 31 heavy (non-hydrogen) atoms. The van der Waals surface area contributed by atoms with Gasteiger partial charge in [-0.25, -0.2) is 4.79 Å². The fraction of sp³-hybridized carbons (Fsp3) is 0.345. The quantitative estimate of drug-likeness (QED) is 0.500. The lowest BCUT2D eigenvalue weighted by molar-refractivity contribution is 0.0697. The standard InChI is InChI=1S/C29H34O2/c1-7-29(6,8-2)18-16-22-15-17-28(4,5)26-14-13-24(19-25(22)26)20(3)21-9-11-23(12-10-21)27(30)31/h9-16,18-19H,3,7-8,17H2,1-2,4-6H3,(H,30,31)/b18-16+. The van der Waals surface area contributed by atoms with E-state index in [9.17, 15) is 4.79 Å². The number of allylic oxidation sites excluding steroid dienone is 4. The predicted molar refractivity (Wildman–Crippen MR) is 131 cm³/mol. The van der Waals surface area contributed by atoms with Gasteiger partial charge in [-0.05, 0) is 81.7 Å². The maximum Gasteiger partial charge on any atom is 0.335 e. The fourth-order valence-electron chi connectivity index (χ4n) is 4.06. The van der Waals surface area contributed by atoms with Crippen LogP contribution in [0.15, 0.2) is 67.3 Å². The maximum absolute atomic E-state index is 11.1. The maximum atomic E-state index is 11.1. The van der Waals surface area contributed by atoms with E-state index < -0.39 is 5.97 Å². The Morgan fingerprint density at radius 2 is 1.65 bits per heavy atom. The highest BCUT2D eigenvalue weighted by Gasteiger charge is 2.28. The van der Waals surface area contributed by atoms with Gasteiger partial charge in [0.25, 0.3) is 0 Å². The molecule has 3 rings (SSSR count). The zero-order valence-corrected chi connectivity index (χ0v) is 19.5. The molecule has 0 spiro atoms. The van der Waals surface area contributed by atoms with Gasteiger partial charge in [-0.3, -0.25) is 0 Å². The van der Waals surface area contributed by atoms with Crippen LogP contribution in [-0.2, 0) is 5.41 Å². The molecule has 2 aromatic carbocycles. The number of carboxylic acid groups (broad SMARTS) is 1. The van der Waals surface area contributed by atoms with E-state index >= 15 is 0 Å². The van der Waals surface area contributed by atoms with Gasteiger partial charge in [0, 0.05) is 0 Å². The number of hydrogen-bond acceptors (Lipinski definition) is 1. The number of carboxylic acids is 1. The molecule has 0 radical (unpaired) electrons. The highest BCUT2D eigenvalue weighted by Crippen LogP contribution is 2.41.